The summed E-state index contributed by atoms with van der Waals surface area (Å²) in [6.45, 7) is 3.68. The highest BCUT2D eigenvalue weighted by Gasteiger charge is 2.22. The second-order valence-corrected chi connectivity index (χ2v) is 7.14. The van der Waals surface area contributed by atoms with Gasteiger partial charge in [0.2, 0.25) is 0 Å². The van der Waals surface area contributed by atoms with Crippen LogP contribution in [-0.4, -0.2) is 16.9 Å². The fraction of sp³-hybridized carbons (Fsp3) is 0.120. The Hall–Kier alpha value is -3.73. The van der Waals surface area contributed by atoms with E-state index in [-0.39, 0.29) is 17.2 Å². The highest BCUT2D eigenvalue weighted by Crippen LogP contribution is 2.37. The molecule has 4 nitrogen and oxygen atoms in total. The van der Waals surface area contributed by atoms with Gasteiger partial charge in [-0.15, -0.1) is 0 Å². The van der Waals surface area contributed by atoms with E-state index in [4.69, 9.17) is 4.42 Å². The Labute approximate surface area is 172 Å². The first kappa shape index (κ1) is 19.6. The number of aryl methyl sites for hydroxylation is 1. The van der Waals surface area contributed by atoms with Crippen LogP contribution in [0.25, 0.3) is 33.4 Å². The smallest absolute Gasteiger partial charge is 0.335 e. The number of Topliss-reactive ketones (excluding diaryl/α,β-unsaturated/α-hetero) is 1. The summed E-state index contributed by atoms with van der Waals surface area (Å²) in [5.41, 5.74) is 4.30. The van der Waals surface area contributed by atoms with Crippen molar-refractivity contribution in [2.75, 3.05) is 0 Å². The molecule has 1 N–H and O–H groups in total. The number of benzene rings is 3. The van der Waals surface area contributed by atoms with Crippen molar-refractivity contribution in [3.63, 3.8) is 0 Å². The number of fused-ring (bicyclic) bond motifs is 1. The molecule has 0 aliphatic heterocycles. The van der Waals surface area contributed by atoms with E-state index in [1.165, 1.54) is 12.1 Å². The predicted molar refractivity (Wildman–Crippen MR) is 113 cm³/mol. The minimum absolute atomic E-state index is 0.0822. The van der Waals surface area contributed by atoms with Gasteiger partial charge in [-0.1, -0.05) is 19.1 Å². The zero-order valence-corrected chi connectivity index (χ0v) is 16.5. The van der Waals surface area contributed by atoms with Gasteiger partial charge in [0.1, 0.15) is 17.2 Å². The second-order valence-electron chi connectivity index (χ2n) is 7.14. The van der Waals surface area contributed by atoms with Gasteiger partial charge in [0.15, 0.2) is 5.78 Å². The van der Waals surface area contributed by atoms with Crippen LogP contribution in [-0.2, 0) is 0 Å². The fourth-order valence-corrected chi connectivity index (χ4v) is 3.59. The Balaban J connectivity index is 1.95. The quantitative estimate of drug-likeness (QED) is 0.387. The standard InChI is InChI=1S/C25H19FO4/c1-3-21(27)23-20-12-16(19-13-17(25(28)29)5-4-14(19)2)8-11-22(20)30-24(23)15-6-9-18(26)10-7-15/h4-13H,3H2,1-2H3,(H,28,29). The van der Waals surface area contributed by atoms with Crippen molar-refractivity contribution in [3.05, 3.63) is 83.2 Å². The Morgan fingerprint density at radius 1 is 0.967 bits per heavy atom. The third-order valence-electron chi connectivity index (χ3n) is 5.19. The van der Waals surface area contributed by atoms with E-state index in [0.717, 1.165) is 16.7 Å². The molecule has 0 saturated carbocycles. The summed E-state index contributed by atoms with van der Waals surface area (Å²) >= 11 is 0. The van der Waals surface area contributed by atoms with Crippen LogP contribution >= 0.6 is 0 Å². The summed E-state index contributed by atoms with van der Waals surface area (Å²) in [6, 6.07) is 16.2. The van der Waals surface area contributed by atoms with Crippen LogP contribution in [0.3, 0.4) is 0 Å². The lowest BCUT2D eigenvalue weighted by molar-refractivity contribution is 0.0696. The number of hydrogen-bond acceptors (Lipinski definition) is 3. The monoisotopic (exact) mass is 402 g/mol. The van der Waals surface area contributed by atoms with Crippen molar-refractivity contribution >= 4 is 22.7 Å². The normalized spacial score (nSPS) is 11.0. The van der Waals surface area contributed by atoms with Crippen LogP contribution < -0.4 is 0 Å². The predicted octanol–water partition coefficient (Wildman–Crippen LogP) is 6.51. The van der Waals surface area contributed by atoms with E-state index in [1.807, 2.05) is 19.1 Å². The fourth-order valence-electron chi connectivity index (χ4n) is 3.59. The van der Waals surface area contributed by atoms with Crippen molar-refractivity contribution in [1.29, 1.82) is 0 Å². The summed E-state index contributed by atoms with van der Waals surface area (Å²) in [5.74, 6) is -1.04. The SMILES string of the molecule is CCC(=O)c1c(-c2ccc(F)cc2)oc2ccc(-c3cc(C(=O)O)ccc3C)cc12. The van der Waals surface area contributed by atoms with Crippen LogP contribution in [0.4, 0.5) is 4.39 Å². The van der Waals surface area contributed by atoms with Gasteiger partial charge in [-0.05, 0) is 72.1 Å². The van der Waals surface area contributed by atoms with Gasteiger partial charge in [0, 0.05) is 17.4 Å². The van der Waals surface area contributed by atoms with E-state index in [0.29, 0.717) is 34.3 Å². The van der Waals surface area contributed by atoms with Crippen molar-refractivity contribution in [1.82, 2.24) is 0 Å². The van der Waals surface area contributed by atoms with Crippen LogP contribution in [0.5, 0.6) is 0 Å². The molecule has 0 aliphatic rings. The van der Waals surface area contributed by atoms with E-state index in [1.54, 1.807) is 43.3 Å². The molecular weight excluding hydrogens is 383 g/mol. The molecular formula is C25H19FO4. The lowest BCUT2D eigenvalue weighted by atomic mass is 9.95. The zero-order valence-electron chi connectivity index (χ0n) is 16.5. The van der Waals surface area contributed by atoms with Crippen LogP contribution in [0, 0.1) is 12.7 Å². The lowest BCUT2D eigenvalue weighted by Crippen LogP contribution is -1.98. The van der Waals surface area contributed by atoms with Crippen LogP contribution in [0.2, 0.25) is 0 Å². The molecule has 150 valence electrons. The van der Waals surface area contributed by atoms with Gasteiger partial charge in [-0.2, -0.15) is 0 Å². The first-order valence-electron chi connectivity index (χ1n) is 9.59. The average molecular weight is 402 g/mol. The maximum Gasteiger partial charge on any atom is 0.335 e. The van der Waals surface area contributed by atoms with Crippen molar-refractivity contribution < 1.29 is 23.5 Å². The maximum absolute atomic E-state index is 13.4. The number of ketones is 1. The molecule has 0 amide bonds. The number of furan rings is 1. The summed E-state index contributed by atoms with van der Waals surface area (Å²) in [6.07, 6.45) is 0.292. The molecule has 0 spiro atoms. The Morgan fingerprint density at radius 2 is 1.67 bits per heavy atom. The first-order valence-corrected chi connectivity index (χ1v) is 9.59. The van der Waals surface area contributed by atoms with Gasteiger partial charge in [-0.25, -0.2) is 9.18 Å². The second kappa shape index (κ2) is 7.59. The van der Waals surface area contributed by atoms with Gasteiger partial charge in [0.05, 0.1) is 11.1 Å². The molecule has 4 rings (SSSR count). The highest BCUT2D eigenvalue weighted by atomic mass is 19.1. The average Bonchev–Trinajstić information content (AvgIpc) is 3.12. The third-order valence-corrected chi connectivity index (χ3v) is 5.19. The van der Waals surface area contributed by atoms with Crippen molar-refractivity contribution in [2.24, 2.45) is 0 Å². The number of halogens is 1. The number of hydrogen-bond donors (Lipinski definition) is 1. The Bertz CT molecular complexity index is 1280. The summed E-state index contributed by atoms with van der Waals surface area (Å²) in [5, 5.41) is 9.98. The molecule has 0 fully saturated rings. The minimum Gasteiger partial charge on any atom is -0.478 e. The molecule has 1 heterocycles. The maximum atomic E-state index is 13.4. The Kier molecular flexibility index (Phi) is 4.96. The first-order chi connectivity index (χ1) is 14.4. The highest BCUT2D eigenvalue weighted by molar-refractivity contribution is 6.12. The summed E-state index contributed by atoms with van der Waals surface area (Å²) < 4.78 is 19.4. The van der Waals surface area contributed by atoms with Crippen LogP contribution in [0.15, 0.2) is 65.1 Å². The molecule has 1 aromatic heterocycles. The Morgan fingerprint density at radius 3 is 2.33 bits per heavy atom. The number of carboxylic acids is 1. The molecule has 0 unspecified atom stereocenters. The van der Waals surface area contributed by atoms with E-state index >= 15 is 0 Å². The number of carbonyl (C=O) groups excluding carboxylic acids is 1. The van der Waals surface area contributed by atoms with Gasteiger partial charge < -0.3 is 9.52 Å². The molecule has 30 heavy (non-hydrogen) atoms. The topological polar surface area (TPSA) is 67.5 Å². The largest absolute Gasteiger partial charge is 0.478 e. The van der Waals surface area contributed by atoms with E-state index < -0.39 is 5.97 Å². The zero-order chi connectivity index (χ0) is 21.4. The number of rotatable bonds is 5. The molecule has 0 atom stereocenters. The number of carboxylic acid groups (broad SMARTS) is 1. The summed E-state index contributed by atoms with van der Waals surface area (Å²) in [7, 11) is 0. The molecule has 0 saturated heterocycles. The molecule has 0 bridgehead atoms. The molecule has 3 aromatic carbocycles. The van der Waals surface area contributed by atoms with E-state index in [9.17, 15) is 19.1 Å². The van der Waals surface area contributed by atoms with Crippen molar-refractivity contribution in [2.45, 2.75) is 20.3 Å². The lowest BCUT2D eigenvalue weighted by Gasteiger charge is -2.08. The van der Waals surface area contributed by atoms with E-state index in [2.05, 4.69) is 0 Å². The van der Waals surface area contributed by atoms with Crippen LogP contribution in [0.1, 0.15) is 39.6 Å². The van der Waals surface area contributed by atoms with Gasteiger partial charge >= 0.3 is 5.97 Å². The third kappa shape index (κ3) is 3.39. The molecule has 0 aliphatic carbocycles. The molecule has 0 radical (unpaired) electrons. The number of aromatic carboxylic acids is 1. The summed E-state index contributed by atoms with van der Waals surface area (Å²) in [4.78, 5) is 24.2. The van der Waals surface area contributed by atoms with Gasteiger partial charge in [-0.3, -0.25) is 4.79 Å². The molecule has 4 aromatic rings. The minimum atomic E-state index is -0.999. The van der Waals surface area contributed by atoms with Crippen molar-refractivity contribution in [3.8, 4) is 22.5 Å². The van der Waals surface area contributed by atoms with Gasteiger partial charge in [0.25, 0.3) is 0 Å². The molecule has 5 heteroatoms. The number of carbonyl (C=O) groups is 2.